The predicted octanol–water partition coefficient (Wildman–Crippen LogP) is 4.62. The van der Waals surface area contributed by atoms with Crippen LogP contribution in [-0.4, -0.2) is 14.3 Å². The van der Waals surface area contributed by atoms with E-state index in [9.17, 15) is 18.5 Å². The van der Waals surface area contributed by atoms with Gasteiger partial charge in [-0.05, 0) is 61.4 Å². The molecule has 6 nitrogen and oxygen atoms in total. The number of hydrogen-bond donors (Lipinski definition) is 1. The third-order valence-corrected chi connectivity index (χ3v) is 5.73. The number of rotatable bonds is 6. The standard InChI is InChI=1S/C24H20N2O4S/c1-17-7-13-22(14-8-17)31(28,29)30-21-11-9-19(10-12-21)15-20(16-25)24(27)26-23-6-4-3-5-18(23)2/h3-15H,1-2H3,(H,26,27)/b20-15+. The van der Waals surface area contributed by atoms with Crippen LogP contribution in [-0.2, 0) is 14.9 Å². The normalized spacial score (nSPS) is 11.5. The summed E-state index contributed by atoms with van der Waals surface area (Å²) < 4.78 is 29.9. The van der Waals surface area contributed by atoms with E-state index in [1.165, 1.54) is 30.3 Å². The van der Waals surface area contributed by atoms with Gasteiger partial charge in [-0.3, -0.25) is 4.79 Å². The molecule has 0 heterocycles. The zero-order valence-corrected chi connectivity index (χ0v) is 17.8. The molecule has 0 aromatic heterocycles. The molecule has 1 amide bonds. The van der Waals surface area contributed by atoms with Crippen molar-refractivity contribution in [3.63, 3.8) is 0 Å². The third kappa shape index (κ3) is 5.59. The maximum atomic E-state index is 12.4. The fraction of sp³-hybridized carbons (Fsp3) is 0.0833. The molecule has 1 N–H and O–H groups in total. The van der Waals surface area contributed by atoms with Gasteiger partial charge in [-0.15, -0.1) is 0 Å². The van der Waals surface area contributed by atoms with Crippen molar-refractivity contribution in [3.8, 4) is 11.8 Å². The van der Waals surface area contributed by atoms with Gasteiger partial charge in [0.15, 0.2) is 0 Å². The first-order chi connectivity index (χ1) is 14.8. The van der Waals surface area contributed by atoms with Crippen LogP contribution in [0.15, 0.2) is 83.3 Å². The van der Waals surface area contributed by atoms with Crippen LogP contribution in [0.3, 0.4) is 0 Å². The summed E-state index contributed by atoms with van der Waals surface area (Å²) in [6.45, 7) is 3.72. The third-order valence-electron chi connectivity index (χ3n) is 4.47. The van der Waals surface area contributed by atoms with Gasteiger partial charge < -0.3 is 9.50 Å². The highest BCUT2D eigenvalue weighted by molar-refractivity contribution is 7.87. The number of amides is 1. The summed E-state index contributed by atoms with van der Waals surface area (Å²) >= 11 is 0. The highest BCUT2D eigenvalue weighted by Gasteiger charge is 2.16. The van der Waals surface area contributed by atoms with Gasteiger partial charge in [0, 0.05) is 5.69 Å². The number of aryl methyl sites for hydroxylation is 2. The summed E-state index contributed by atoms with van der Waals surface area (Å²) in [5, 5.41) is 12.1. The number of carbonyl (C=O) groups is 1. The van der Waals surface area contributed by atoms with Gasteiger partial charge in [0.05, 0.1) is 0 Å². The van der Waals surface area contributed by atoms with Crippen molar-refractivity contribution in [1.29, 1.82) is 5.26 Å². The first-order valence-corrected chi connectivity index (χ1v) is 10.8. The van der Waals surface area contributed by atoms with Crippen LogP contribution in [0, 0.1) is 25.2 Å². The number of benzene rings is 3. The number of nitriles is 1. The summed E-state index contributed by atoms with van der Waals surface area (Å²) in [5.41, 5.74) is 2.92. The number of anilines is 1. The minimum atomic E-state index is -3.95. The molecule has 3 aromatic rings. The van der Waals surface area contributed by atoms with Gasteiger partial charge in [-0.2, -0.15) is 13.7 Å². The van der Waals surface area contributed by atoms with E-state index in [1.54, 1.807) is 36.4 Å². The second-order valence-electron chi connectivity index (χ2n) is 6.86. The predicted molar refractivity (Wildman–Crippen MR) is 119 cm³/mol. The highest BCUT2D eigenvalue weighted by atomic mass is 32.2. The molecule has 0 bridgehead atoms. The molecule has 0 unspecified atom stereocenters. The Morgan fingerprint density at radius 2 is 1.61 bits per heavy atom. The number of hydrogen-bond acceptors (Lipinski definition) is 5. The first-order valence-electron chi connectivity index (χ1n) is 9.38. The molecule has 7 heteroatoms. The summed E-state index contributed by atoms with van der Waals surface area (Å²) in [6.07, 6.45) is 1.42. The lowest BCUT2D eigenvalue weighted by Crippen LogP contribution is -2.14. The number of nitrogens with one attached hydrogen (secondary N) is 1. The van der Waals surface area contributed by atoms with Crippen LogP contribution in [0.2, 0.25) is 0 Å². The minimum absolute atomic E-state index is 0.0571. The van der Waals surface area contributed by atoms with E-state index in [0.29, 0.717) is 11.3 Å². The van der Waals surface area contributed by atoms with E-state index in [1.807, 2.05) is 32.0 Å². The largest absolute Gasteiger partial charge is 0.379 e. The van der Waals surface area contributed by atoms with E-state index in [-0.39, 0.29) is 16.2 Å². The second kappa shape index (κ2) is 9.28. The monoisotopic (exact) mass is 432 g/mol. The van der Waals surface area contributed by atoms with Gasteiger partial charge in [-0.1, -0.05) is 48.0 Å². The molecule has 0 saturated carbocycles. The average molecular weight is 433 g/mol. The number of para-hydroxylation sites is 1. The molecule has 0 saturated heterocycles. The van der Waals surface area contributed by atoms with Crippen LogP contribution in [0.4, 0.5) is 5.69 Å². The highest BCUT2D eigenvalue weighted by Crippen LogP contribution is 2.21. The van der Waals surface area contributed by atoms with Gasteiger partial charge >= 0.3 is 10.1 Å². The minimum Gasteiger partial charge on any atom is -0.379 e. The van der Waals surface area contributed by atoms with Crippen LogP contribution in [0.5, 0.6) is 5.75 Å². The van der Waals surface area contributed by atoms with E-state index < -0.39 is 16.0 Å². The lowest BCUT2D eigenvalue weighted by molar-refractivity contribution is -0.112. The van der Waals surface area contributed by atoms with Crippen molar-refractivity contribution in [2.75, 3.05) is 5.32 Å². The summed E-state index contributed by atoms with van der Waals surface area (Å²) in [4.78, 5) is 12.5. The van der Waals surface area contributed by atoms with Crippen molar-refractivity contribution in [1.82, 2.24) is 0 Å². The molecule has 0 aliphatic rings. The molecule has 3 rings (SSSR count). The molecule has 0 aliphatic carbocycles. The van der Waals surface area contributed by atoms with Crippen LogP contribution in [0.25, 0.3) is 6.08 Å². The molecule has 0 spiro atoms. The number of carbonyl (C=O) groups excluding carboxylic acids is 1. The maximum Gasteiger partial charge on any atom is 0.339 e. The molecule has 3 aromatic carbocycles. The smallest absolute Gasteiger partial charge is 0.339 e. The van der Waals surface area contributed by atoms with Crippen molar-refractivity contribution < 1.29 is 17.4 Å². The second-order valence-corrected chi connectivity index (χ2v) is 8.40. The molecule has 0 radical (unpaired) electrons. The zero-order valence-electron chi connectivity index (χ0n) is 17.0. The van der Waals surface area contributed by atoms with Gasteiger partial charge in [0.2, 0.25) is 0 Å². The quantitative estimate of drug-likeness (QED) is 0.348. The van der Waals surface area contributed by atoms with E-state index in [0.717, 1.165) is 11.1 Å². The Morgan fingerprint density at radius 3 is 2.23 bits per heavy atom. The van der Waals surface area contributed by atoms with Crippen LogP contribution < -0.4 is 9.50 Å². The van der Waals surface area contributed by atoms with E-state index in [4.69, 9.17) is 4.18 Å². The van der Waals surface area contributed by atoms with E-state index >= 15 is 0 Å². The lowest BCUT2D eigenvalue weighted by atomic mass is 10.1. The SMILES string of the molecule is Cc1ccc(S(=O)(=O)Oc2ccc(/C=C(\C#N)C(=O)Nc3ccccc3C)cc2)cc1. The van der Waals surface area contributed by atoms with Gasteiger partial charge in [0.25, 0.3) is 5.91 Å². The number of nitrogens with zero attached hydrogens (tertiary/aromatic N) is 1. The molecule has 0 aliphatic heterocycles. The van der Waals surface area contributed by atoms with Crippen molar-refractivity contribution in [3.05, 3.63) is 95.1 Å². The Morgan fingerprint density at radius 1 is 0.968 bits per heavy atom. The topological polar surface area (TPSA) is 96.3 Å². The Labute approximate surface area is 181 Å². The summed E-state index contributed by atoms with van der Waals surface area (Å²) in [5.74, 6) is -0.403. The van der Waals surface area contributed by atoms with Gasteiger partial charge in [-0.25, -0.2) is 0 Å². The molecule has 156 valence electrons. The average Bonchev–Trinajstić information content (AvgIpc) is 2.75. The fourth-order valence-electron chi connectivity index (χ4n) is 2.72. The Bertz CT molecular complexity index is 1270. The fourth-order valence-corrected chi connectivity index (χ4v) is 3.65. The maximum absolute atomic E-state index is 12.4. The molecule has 31 heavy (non-hydrogen) atoms. The molecular formula is C24H20N2O4S. The zero-order chi connectivity index (χ0) is 22.4. The Kier molecular flexibility index (Phi) is 6.53. The van der Waals surface area contributed by atoms with Crippen molar-refractivity contribution in [2.45, 2.75) is 18.7 Å². The van der Waals surface area contributed by atoms with E-state index in [2.05, 4.69) is 5.32 Å². The van der Waals surface area contributed by atoms with Crippen molar-refractivity contribution in [2.24, 2.45) is 0 Å². The van der Waals surface area contributed by atoms with Gasteiger partial charge in [0.1, 0.15) is 22.3 Å². The van der Waals surface area contributed by atoms with Crippen LogP contribution >= 0.6 is 0 Å². The van der Waals surface area contributed by atoms with Crippen molar-refractivity contribution >= 4 is 27.8 Å². The summed E-state index contributed by atoms with van der Waals surface area (Å²) in [6, 6.07) is 21.6. The Hall–Kier alpha value is -3.89. The Balaban J connectivity index is 1.74. The summed E-state index contributed by atoms with van der Waals surface area (Å²) in [7, 11) is -3.95. The molecular weight excluding hydrogens is 412 g/mol. The van der Waals surface area contributed by atoms with Crippen LogP contribution in [0.1, 0.15) is 16.7 Å². The molecule has 0 fully saturated rings. The lowest BCUT2D eigenvalue weighted by Gasteiger charge is -2.08. The molecule has 0 atom stereocenters. The first kappa shape index (κ1) is 21.8.